The van der Waals surface area contributed by atoms with Gasteiger partial charge < -0.3 is 15.2 Å². The molecule has 2 aromatic carbocycles. The third kappa shape index (κ3) is 4.54. The highest BCUT2D eigenvalue weighted by Crippen LogP contribution is 2.17. The van der Waals surface area contributed by atoms with Gasteiger partial charge in [-0.1, -0.05) is 12.1 Å². The number of carboxylic acids is 1. The monoisotopic (exact) mass is 330 g/mol. The van der Waals surface area contributed by atoms with Crippen LogP contribution in [0.4, 0.5) is 11.4 Å². The molecule has 0 saturated heterocycles. The largest absolute Gasteiger partial charge is 0.480 e. The molecule has 0 atom stereocenters. The highest BCUT2D eigenvalue weighted by molar-refractivity contribution is 5.96. The zero-order valence-corrected chi connectivity index (χ0v) is 12.5. The van der Waals surface area contributed by atoms with Crippen LogP contribution in [0.2, 0.25) is 0 Å². The molecule has 0 amide bonds. The van der Waals surface area contributed by atoms with Gasteiger partial charge in [0.25, 0.3) is 5.69 Å². The Balaban J connectivity index is 2.02. The summed E-state index contributed by atoms with van der Waals surface area (Å²) in [6.07, 6.45) is 0. The molecule has 2 rings (SSSR count). The maximum atomic E-state index is 12.1. The summed E-state index contributed by atoms with van der Waals surface area (Å²) < 4.78 is 5.17. The van der Waals surface area contributed by atoms with E-state index in [9.17, 15) is 19.7 Å². The van der Waals surface area contributed by atoms with Crippen LogP contribution in [0, 0.1) is 10.1 Å². The van der Waals surface area contributed by atoms with Gasteiger partial charge in [0.15, 0.2) is 0 Å². The standard InChI is InChI=1S/C16H14N2O6/c19-15(20)9-17-14-4-2-1-3-13(14)16(21)24-10-11-5-7-12(8-6-11)18(22)23/h1-8,17H,9-10H2,(H,19,20). The van der Waals surface area contributed by atoms with Gasteiger partial charge in [-0.15, -0.1) is 0 Å². The molecule has 0 aromatic heterocycles. The highest BCUT2D eigenvalue weighted by Gasteiger charge is 2.13. The number of esters is 1. The molecular formula is C16H14N2O6. The summed E-state index contributed by atoms with van der Waals surface area (Å²) in [4.78, 5) is 32.8. The number of nitrogens with zero attached hydrogens (tertiary/aromatic N) is 1. The minimum Gasteiger partial charge on any atom is -0.480 e. The summed E-state index contributed by atoms with van der Waals surface area (Å²) in [6, 6.07) is 12.0. The first-order valence-electron chi connectivity index (χ1n) is 6.92. The fourth-order valence-corrected chi connectivity index (χ4v) is 1.93. The molecule has 0 aliphatic carbocycles. The van der Waals surface area contributed by atoms with E-state index in [-0.39, 0.29) is 24.4 Å². The molecule has 0 spiro atoms. The predicted molar refractivity (Wildman–Crippen MR) is 84.8 cm³/mol. The number of benzene rings is 2. The van der Waals surface area contributed by atoms with E-state index >= 15 is 0 Å². The molecule has 0 aliphatic rings. The van der Waals surface area contributed by atoms with Gasteiger partial charge >= 0.3 is 11.9 Å². The van der Waals surface area contributed by atoms with E-state index in [4.69, 9.17) is 9.84 Å². The molecule has 0 heterocycles. The van der Waals surface area contributed by atoms with Gasteiger partial charge in [0.05, 0.1) is 10.5 Å². The molecule has 2 aromatic rings. The second kappa shape index (κ2) is 7.73. The number of para-hydroxylation sites is 1. The van der Waals surface area contributed by atoms with Crippen LogP contribution >= 0.6 is 0 Å². The second-order valence-corrected chi connectivity index (χ2v) is 4.79. The zero-order valence-electron chi connectivity index (χ0n) is 12.5. The first-order chi connectivity index (χ1) is 11.5. The average molecular weight is 330 g/mol. The van der Waals surface area contributed by atoms with Gasteiger partial charge in [0.1, 0.15) is 13.2 Å². The average Bonchev–Trinajstić information content (AvgIpc) is 2.58. The van der Waals surface area contributed by atoms with Gasteiger partial charge in [-0.2, -0.15) is 0 Å². The Bertz CT molecular complexity index is 757. The summed E-state index contributed by atoms with van der Waals surface area (Å²) >= 11 is 0. The molecule has 8 heteroatoms. The van der Waals surface area contributed by atoms with Crippen molar-refractivity contribution < 1.29 is 24.4 Å². The van der Waals surface area contributed by atoms with Crippen molar-refractivity contribution in [1.29, 1.82) is 0 Å². The molecule has 0 bridgehead atoms. The third-order valence-corrected chi connectivity index (χ3v) is 3.09. The molecule has 0 radical (unpaired) electrons. The van der Waals surface area contributed by atoms with Gasteiger partial charge in [0.2, 0.25) is 0 Å². The number of anilines is 1. The maximum Gasteiger partial charge on any atom is 0.340 e. The summed E-state index contributed by atoms with van der Waals surface area (Å²) in [5.74, 6) is -1.68. The fourth-order valence-electron chi connectivity index (χ4n) is 1.93. The first-order valence-corrected chi connectivity index (χ1v) is 6.92. The van der Waals surface area contributed by atoms with Crippen LogP contribution in [-0.2, 0) is 16.1 Å². The maximum absolute atomic E-state index is 12.1. The van der Waals surface area contributed by atoms with Crippen LogP contribution in [0.15, 0.2) is 48.5 Å². The lowest BCUT2D eigenvalue weighted by Crippen LogP contribution is -2.15. The number of nitrogens with one attached hydrogen (secondary N) is 1. The molecule has 24 heavy (non-hydrogen) atoms. The van der Waals surface area contributed by atoms with Crippen LogP contribution < -0.4 is 5.32 Å². The summed E-state index contributed by atoms with van der Waals surface area (Å²) in [5, 5.41) is 21.9. The predicted octanol–water partition coefficient (Wildman–Crippen LogP) is 2.45. The fraction of sp³-hybridized carbons (Fsp3) is 0.125. The molecular weight excluding hydrogens is 316 g/mol. The van der Waals surface area contributed by atoms with Crippen LogP contribution in [0.3, 0.4) is 0 Å². The van der Waals surface area contributed by atoms with E-state index in [1.165, 1.54) is 30.3 Å². The molecule has 0 saturated carbocycles. The minimum atomic E-state index is -1.05. The second-order valence-electron chi connectivity index (χ2n) is 4.79. The number of nitro benzene ring substituents is 1. The number of non-ortho nitro benzene ring substituents is 1. The minimum absolute atomic E-state index is 0.0479. The van der Waals surface area contributed by atoms with Crippen LogP contribution in [-0.4, -0.2) is 28.5 Å². The number of hydrogen-bond acceptors (Lipinski definition) is 6. The number of nitro groups is 1. The summed E-state index contributed by atoms with van der Waals surface area (Å²) in [5.41, 5.74) is 1.12. The van der Waals surface area contributed by atoms with Crippen molar-refractivity contribution in [1.82, 2.24) is 0 Å². The number of aliphatic carboxylic acids is 1. The van der Waals surface area contributed by atoms with Crippen molar-refractivity contribution in [2.45, 2.75) is 6.61 Å². The number of carboxylic acid groups (broad SMARTS) is 1. The number of carbonyl (C=O) groups is 2. The Morgan fingerprint density at radius 1 is 1.12 bits per heavy atom. The molecule has 0 unspecified atom stereocenters. The van der Waals surface area contributed by atoms with Crippen molar-refractivity contribution in [3.8, 4) is 0 Å². The van der Waals surface area contributed by atoms with Crippen molar-refractivity contribution in [3.05, 3.63) is 69.8 Å². The third-order valence-electron chi connectivity index (χ3n) is 3.09. The van der Waals surface area contributed by atoms with Crippen molar-refractivity contribution >= 4 is 23.3 Å². The topological polar surface area (TPSA) is 119 Å². The number of ether oxygens (including phenoxy) is 1. The lowest BCUT2D eigenvalue weighted by atomic mass is 10.1. The van der Waals surface area contributed by atoms with Gasteiger partial charge in [0, 0.05) is 17.8 Å². The Labute approximate surface area is 136 Å². The van der Waals surface area contributed by atoms with E-state index in [2.05, 4.69) is 5.32 Å². The van der Waals surface area contributed by atoms with E-state index in [0.29, 0.717) is 11.3 Å². The van der Waals surface area contributed by atoms with E-state index in [0.717, 1.165) is 0 Å². The first kappa shape index (κ1) is 16.9. The number of hydrogen-bond donors (Lipinski definition) is 2. The van der Waals surface area contributed by atoms with Crippen LogP contribution in [0.1, 0.15) is 15.9 Å². The Morgan fingerprint density at radius 3 is 2.42 bits per heavy atom. The van der Waals surface area contributed by atoms with E-state index in [1.807, 2.05) is 0 Å². The Morgan fingerprint density at radius 2 is 1.79 bits per heavy atom. The zero-order chi connectivity index (χ0) is 17.5. The van der Waals surface area contributed by atoms with Crippen molar-refractivity contribution in [2.24, 2.45) is 0 Å². The quantitative estimate of drug-likeness (QED) is 0.454. The molecule has 2 N–H and O–H groups in total. The van der Waals surface area contributed by atoms with Gasteiger partial charge in [-0.25, -0.2) is 4.79 Å². The van der Waals surface area contributed by atoms with E-state index < -0.39 is 16.9 Å². The lowest BCUT2D eigenvalue weighted by Gasteiger charge is -2.10. The summed E-state index contributed by atoms with van der Waals surface area (Å²) in [7, 11) is 0. The van der Waals surface area contributed by atoms with Crippen molar-refractivity contribution in [2.75, 3.05) is 11.9 Å². The van der Waals surface area contributed by atoms with E-state index in [1.54, 1.807) is 18.2 Å². The number of rotatable bonds is 7. The highest BCUT2D eigenvalue weighted by atomic mass is 16.6. The molecule has 8 nitrogen and oxygen atoms in total. The smallest absolute Gasteiger partial charge is 0.340 e. The lowest BCUT2D eigenvalue weighted by molar-refractivity contribution is -0.384. The van der Waals surface area contributed by atoms with Gasteiger partial charge in [-0.05, 0) is 29.8 Å². The Kier molecular flexibility index (Phi) is 5.45. The SMILES string of the molecule is O=C(O)CNc1ccccc1C(=O)OCc1ccc([N+](=O)[O-])cc1. The van der Waals surface area contributed by atoms with Crippen molar-refractivity contribution in [3.63, 3.8) is 0 Å². The van der Waals surface area contributed by atoms with Crippen LogP contribution in [0.25, 0.3) is 0 Å². The molecule has 0 aliphatic heterocycles. The molecule has 0 fully saturated rings. The Hall–Kier alpha value is -3.42. The molecule has 124 valence electrons. The number of carbonyl (C=O) groups excluding carboxylic acids is 1. The van der Waals surface area contributed by atoms with Gasteiger partial charge in [-0.3, -0.25) is 14.9 Å². The summed E-state index contributed by atoms with van der Waals surface area (Å²) in [6.45, 7) is -0.378. The van der Waals surface area contributed by atoms with Crippen LogP contribution in [0.5, 0.6) is 0 Å². The normalized spacial score (nSPS) is 10.0.